The summed E-state index contributed by atoms with van der Waals surface area (Å²) in [6.45, 7) is 0.705. The summed E-state index contributed by atoms with van der Waals surface area (Å²) in [7, 11) is 0. The fourth-order valence-corrected chi connectivity index (χ4v) is 1.37. The first kappa shape index (κ1) is 11.1. The highest BCUT2D eigenvalue weighted by molar-refractivity contribution is 5.58. The molecule has 0 amide bonds. The molecule has 0 saturated carbocycles. The molecule has 2 aromatic rings. The van der Waals surface area contributed by atoms with E-state index in [-0.39, 0.29) is 5.69 Å². The van der Waals surface area contributed by atoms with Crippen LogP contribution in [0.25, 0.3) is 6.08 Å². The highest BCUT2D eigenvalue weighted by Crippen LogP contribution is 2.21. The number of hydrogen-bond acceptors (Lipinski definition) is 3. The molecule has 0 saturated heterocycles. The largest absolute Gasteiger partial charge is 0.489 e. The number of para-hydroxylation sites is 1. The molecule has 0 spiro atoms. The van der Waals surface area contributed by atoms with Crippen LogP contribution in [0.4, 0.5) is 0 Å². The number of benzene rings is 1. The maximum atomic E-state index is 10.1. The van der Waals surface area contributed by atoms with Crippen LogP contribution in [0.3, 0.4) is 0 Å². The number of rotatable bonds is 0. The van der Waals surface area contributed by atoms with Gasteiger partial charge in [-0.3, -0.25) is 0 Å². The van der Waals surface area contributed by atoms with E-state index in [1.54, 1.807) is 6.07 Å². The summed E-state index contributed by atoms with van der Waals surface area (Å²) < 4.78 is 5.34. The molecule has 1 aromatic heterocycles. The van der Waals surface area contributed by atoms with Gasteiger partial charge in [-0.05, 0) is 18.2 Å². The third-order valence-corrected chi connectivity index (χ3v) is 2.13. The smallest absolute Gasteiger partial charge is 0.344 e. The number of hydrogen-bond donors (Lipinski definition) is 1. The van der Waals surface area contributed by atoms with E-state index in [9.17, 15) is 4.79 Å². The lowest BCUT2D eigenvalue weighted by atomic mass is 10.1. The molecule has 1 aliphatic rings. The zero-order chi connectivity index (χ0) is 11.9. The number of ether oxygens (including phenoxy) is 1. The van der Waals surface area contributed by atoms with Crippen LogP contribution in [0.5, 0.6) is 5.75 Å². The molecule has 1 N–H and O–H groups in total. The van der Waals surface area contributed by atoms with Crippen LogP contribution in [0.15, 0.2) is 53.6 Å². The molecule has 0 aliphatic carbocycles. The van der Waals surface area contributed by atoms with E-state index in [0.29, 0.717) is 6.61 Å². The van der Waals surface area contributed by atoms with Crippen LogP contribution >= 0.6 is 0 Å². The monoisotopic (exact) mass is 228 g/mol. The summed E-state index contributed by atoms with van der Waals surface area (Å²) in [5, 5.41) is 0. The number of aromatic nitrogens is 2. The summed E-state index contributed by atoms with van der Waals surface area (Å²) in [4.78, 5) is 15.8. The quantitative estimate of drug-likeness (QED) is 0.748. The summed E-state index contributed by atoms with van der Waals surface area (Å²) in [6, 6.07) is 9.68. The highest BCUT2D eigenvalue weighted by Gasteiger charge is 2.01. The van der Waals surface area contributed by atoms with E-state index in [0.717, 1.165) is 5.75 Å². The second-order valence-electron chi connectivity index (χ2n) is 3.34. The third kappa shape index (κ3) is 3.31. The molecule has 3 rings (SSSR count). The standard InChI is InChI=1S/C9H8O.C4H4N2O/c1-2-6-9-8(4-1)5-3-7-10-9;7-4-5-2-1-3-6-4/h1-6H,7H2;1-3H,(H,5,6,7). The van der Waals surface area contributed by atoms with Gasteiger partial charge in [-0.25, -0.2) is 9.78 Å². The highest BCUT2D eigenvalue weighted by atomic mass is 16.5. The van der Waals surface area contributed by atoms with Gasteiger partial charge in [0, 0.05) is 18.0 Å². The zero-order valence-corrected chi connectivity index (χ0v) is 9.17. The van der Waals surface area contributed by atoms with Gasteiger partial charge >= 0.3 is 5.69 Å². The Morgan fingerprint density at radius 2 is 2.12 bits per heavy atom. The molecule has 4 nitrogen and oxygen atoms in total. The first-order chi connectivity index (χ1) is 8.36. The van der Waals surface area contributed by atoms with Gasteiger partial charge in [-0.2, -0.15) is 0 Å². The van der Waals surface area contributed by atoms with E-state index in [4.69, 9.17) is 4.74 Å². The second kappa shape index (κ2) is 5.65. The first-order valence-corrected chi connectivity index (χ1v) is 5.24. The van der Waals surface area contributed by atoms with Gasteiger partial charge in [0.1, 0.15) is 12.4 Å². The lowest BCUT2D eigenvalue weighted by Gasteiger charge is -2.10. The lowest BCUT2D eigenvalue weighted by Crippen LogP contribution is -2.05. The van der Waals surface area contributed by atoms with Gasteiger partial charge in [0.15, 0.2) is 0 Å². The number of H-pyrrole nitrogens is 1. The van der Waals surface area contributed by atoms with Crippen LogP contribution < -0.4 is 10.4 Å². The molecular formula is C13H12N2O2. The maximum absolute atomic E-state index is 10.1. The summed E-state index contributed by atoms with van der Waals surface area (Å²) >= 11 is 0. The van der Waals surface area contributed by atoms with Gasteiger partial charge in [-0.15, -0.1) is 0 Å². The van der Waals surface area contributed by atoms with E-state index in [1.807, 2.05) is 30.3 Å². The van der Waals surface area contributed by atoms with Crippen molar-refractivity contribution in [3.63, 3.8) is 0 Å². The number of aromatic amines is 1. The molecular weight excluding hydrogens is 216 g/mol. The fourth-order valence-electron chi connectivity index (χ4n) is 1.37. The van der Waals surface area contributed by atoms with Crippen molar-refractivity contribution in [2.75, 3.05) is 6.61 Å². The Hall–Kier alpha value is -2.36. The Kier molecular flexibility index (Phi) is 3.70. The Bertz CT molecular complexity index is 544. The average molecular weight is 228 g/mol. The van der Waals surface area contributed by atoms with Gasteiger partial charge < -0.3 is 9.72 Å². The summed E-state index contributed by atoms with van der Waals surface area (Å²) in [5.74, 6) is 0.991. The zero-order valence-electron chi connectivity index (χ0n) is 9.17. The maximum Gasteiger partial charge on any atom is 0.344 e. The van der Waals surface area contributed by atoms with Gasteiger partial charge in [0.05, 0.1) is 0 Å². The topological polar surface area (TPSA) is 55.0 Å². The lowest BCUT2D eigenvalue weighted by molar-refractivity contribution is 0.358. The van der Waals surface area contributed by atoms with Crippen LogP contribution in [0.1, 0.15) is 5.56 Å². The molecule has 0 bridgehead atoms. The van der Waals surface area contributed by atoms with Crippen molar-refractivity contribution >= 4 is 6.08 Å². The minimum absolute atomic E-state index is 0.303. The van der Waals surface area contributed by atoms with Crippen molar-refractivity contribution in [1.82, 2.24) is 9.97 Å². The third-order valence-electron chi connectivity index (χ3n) is 2.13. The SMILES string of the molecule is C1=Cc2ccccc2OC1.O=c1nccc[nH]1. The van der Waals surface area contributed by atoms with E-state index in [2.05, 4.69) is 16.0 Å². The summed E-state index contributed by atoms with van der Waals surface area (Å²) in [5.41, 5.74) is 0.872. The average Bonchev–Trinajstić information content (AvgIpc) is 2.41. The Labute approximate surface area is 98.6 Å². The minimum Gasteiger partial charge on any atom is -0.489 e. The van der Waals surface area contributed by atoms with E-state index < -0.39 is 0 Å². The van der Waals surface area contributed by atoms with Crippen molar-refractivity contribution in [2.24, 2.45) is 0 Å². The van der Waals surface area contributed by atoms with Crippen LogP contribution in [0.2, 0.25) is 0 Å². The van der Waals surface area contributed by atoms with Gasteiger partial charge in [0.25, 0.3) is 0 Å². The first-order valence-electron chi connectivity index (χ1n) is 5.24. The minimum atomic E-state index is -0.303. The molecule has 2 heterocycles. The fraction of sp³-hybridized carbons (Fsp3) is 0.0769. The van der Waals surface area contributed by atoms with Crippen molar-refractivity contribution in [1.29, 1.82) is 0 Å². The molecule has 0 atom stereocenters. The van der Waals surface area contributed by atoms with Crippen molar-refractivity contribution in [2.45, 2.75) is 0 Å². The normalized spacial score (nSPS) is 11.8. The predicted molar refractivity (Wildman–Crippen MR) is 65.8 cm³/mol. The van der Waals surface area contributed by atoms with Gasteiger partial charge in [-0.1, -0.05) is 24.3 Å². The molecule has 17 heavy (non-hydrogen) atoms. The molecule has 1 aliphatic heterocycles. The van der Waals surface area contributed by atoms with Gasteiger partial charge in [0.2, 0.25) is 0 Å². The Morgan fingerprint density at radius 3 is 2.76 bits per heavy atom. The molecule has 1 aromatic carbocycles. The van der Waals surface area contributed by atoms with Crippen molar-refractivity contribution < 1.29 is 4.74 Å². The predicted octanol–water partition coefficient (Wildman–Crippen LogP) is 1.86. The van der Waals surface area contributed by atoms with E-state index >= 15 is 0 Å². The Balaban J connectivity index is 0.000000136. The van der Waals surface area contributed by atoms with Crippen LogP contribution in [0, 0.1) is 0 Å². The molecule has 0 radical (unpaired) electrons. The number of nitrogens with one attached hydrogen (secondary N) is 1. The van der Waals surface area contributed by atoms with Crippen LogP contribution in [-0.2, 0) is 0 Å². The van der Waals surface area contributed by atoms with Crippen molar-refractivity contribution in [3.05, 3.63) is 64.8 Å². The number of fused-ring (bicyclic) bond motifs is 1. The molecule has 86 valence electrons. The Morgan fingerprint density at radius 1 is 1.24 bits per heavy atom. The second-order valence-corrected chi connectivity index (χ2v) is 3.34. The van der Waals surface area contributed by atoms with Crippen LogP contribution in [-0.4, -0.2) is 16.6 Å². The van der Waals surface area contributed by atoms with Crippen molar-refractivity contribution in [3.8, 4) is 5.75 Å². The number of nitrogens with zero attached hydrogens (tertiary/aromatic N) is 1. The molecule has 0 fully saturated rings. The summed E-state index contributed by atoms with van der Waals surface area (Å²) in [6.07, 6.45) is 7.08. The van der Waals surface area contributed by atoms with E-state index in [1.165, 1.54) is 18.0 Å². The molecule has 0 unspecified atom stereocenters. The molecule has 4 heteroatoms.